The Labute approximate surface area is 211 Å². The van der Waals surface area contributed by atoms with Gasteiger partial charge in [0.25, 0.3) is 15.9 Å². The fraction of sp³-hybridized carbons (Fsp3) is 0.185. The smallest absolute Gasteiger partial charge is 0.264 e. The molecule has 0 heterocycles. The van der Waals surface area contributed by atoms with Gasteiger partial charge < -0.3 is 9.47 Å². The molecule has 0 radical (unpaired) electrons. The number of anilines is 1. The van der Waals surface area contributed by atoms with Crippen molar-refractivity contribution in [1.29, 1.82) is 0 Å². The molecular formula is C27H29N3O5S. The van der Waals surface area contributed by atoms with Crippen LogP contribution in [-0.4, -0.2) is 40.8 Å². The summed E-state index contributed by atoms with van der Waals surface area (Å²) in [6, 6.07) is 18.4. The van der Waals surface area contributed by atoms with Crippen molar-refractivity contribution in [3.8, 4) is 11.5 Å². The molecule has 0 aliphatic heterocycles. The molecule has 9 heteroatoms. The molecule has 3 aromatic carbocycles. The molecule has 0 aromatic heterocycles. The summed E-state index contributed by atoms with van der Waals surface area (Å²) in [7, 11) is -2.47. The molecule has 3 rings (SSSR count). The highest BCUT2D eigenvalue weighted by Crippen LogP contribution is 2.28. The van der Waals surface area contributed by atoms with Crippen LogP contribution < -0.4 is 19.2 Å². The molecule has 0 aliphatic carbocycles. The van der Waals surface area contributed by atoms with Crippen molar-refractivity contribution in [3.05, 3.63) is 96.1 Å². The lowest BCUT2D eigenvalue weighted by Gasteiger charge is -2.24. The van der Waals surface area contributed by atoms with E-state index in [-0.39, 0.29) is 4.90 Å². The first-order chi connectivity index (χ1) is 17.3. The van der Waals surface area contributed by atoms with Crippen LogP contribution in [0.1, 0.15) is 16.7 Å². The minimum Gasteiger partial charge on any atom is -0.493 e. The maximum atomic E-state index is 13.4. The number of aryl methyl sites for hydroxylation is 2. The molecule has 0 spiro atoms. The van der Waals surface area contributed by atoms with Crippen LogP contribution in [0.5, 0.6) is 11.5 Å². The minimum absolute atomic E-state index is 0.0883. The van der Waals surface area contributed by atoms with Crippen LogP contribution in [0.4, 0.5) is 5.69 Å². The van der Waals surface area contributed by atoms with Crippen molar-refractivity contribution in [2.45, 2.75) is 18.7 Å². The lowest BCUT2D eigenvalue weighted by molar-refractivity contribution is -0.119. The Balaban J connectivity index is 1.80. The van der Waals surface area contributed by atoms with E-state index in [1.165, 1.54) is 25.5 Å². The normalized spacial score (nSPS) is 11.2. The average Bonchev–Trinajstić information content (AvgIpc) is 2.88. The number of carbonyl (C=O) groups is 1. The third-order valence-corrected chi connectivity index (χ3v) is 7.13. The van der Waals surface area contributed by atoms with Gasteiger partial charge in [0.05, 0.1) is 23.9 Å². The molecule has 3 aromatic rings. The maximum absolute atomic E-state index is 13.4. The van der Waals surface area contributed by atoms with Crippen LogP contribution in [0.15, 0.2) is 89.4 Å². The quantitative estimate of drug-likeness (QED) is 0.238. The van der Waals surface area contributed by atoms with Gasteiger partial charge in [-0.2, -0.15) is 5.10 Å². The maximum Gasteiger partial charge on any atom is 0.264 e. The van der Waals surface area contributed by atoms with E-state index in [1.54, 1.807) is 54.6 Å². The molecule has 36 heavy (non-hydrogen) atoms. The summed E-state index contributed by atoms with van der Waals surface area (Å²) >= 11 is 0. The zero-order valence-electron chi connectivity index (χ0n) is 20.5. The van der Waals surface area contributed by atoms with Gasteiger partial charge in [-0.05, 0) is 73.0 Å². The zero-order valence-corrected chi connectivity index (χ0v) is 21.3. The zero-order chi connectivity index (χ0) is 26.1. The van der Waals surface area contributed by atoms with Crippen LogP contribution in [0.3, 0.4) is 0 Å². The molecule has 0 unspecified atom stereocenters. The van der Waals surface area contributed by atoms with Crippen LogP contribution in [0.25, 0.3) is 0 Å². The molecule has 1 N–H and O–H groups in total. The summed E-state index contributed by atoms with van der Waals surface area (Å²) in [6.07, 6.45) is 3.06. The van der Waals surface area contributed by atoms with Gasteiger partial charge in [0, 0.05) is 0 Å². The second-order valence-electron chi connectivity index (χ2n) is 7.90. The standard InChI is InChI=1S/C27H29N3O5S/c1-5-15-35-25-14-12-22(17-26(25)34-4)18-28-29-27(31)19-30(23-13-11-20(2)21(3)16-23)36(32,33)24-9-7-6-8-10-24/h5-14,16-18H,1,15,19H2,2-4H3,(H,29,31)/b28-18-. The molecule has 0 saturated heterocycles. The number of nitrogens with one attached hydrogen (secondary N) is 1. The first-order valence-electron chi connectivity index (χ1n) is 11.1. The number of ether oxygens (including phenoxy) is 2. The van der Waals surface area contributed by atoms with Crippen LogP contribution in [0, 0.1) is 13.8 Å². The number of hydrogen-bond acceptors (Lipinski definition) is 6. The van der Waals surface area contributed by atoms with Crippen LogP contribution in [-0.2, 0) is 14.8 Å². The Bertz CT molecular complexity index is 1360. The van der Waals surface area contributed by atoms with E-state index < -0.39 is 22.5 Å². The lowest BCUT2D eigenvalue weighted by atomic mass is 10.1. The number of sulfonamides is 1. The largest absolute Gasteiger partial charge is 0.493 e. The summed E-state index contributed by atoms with van der Waals surface area (Å²) in [4.78, 5) is 12.8. The minimum atomic E-state index is -3.99. The highest BCUT2D eigenvalue weighted by molar-refractivity contribution is 7.92. The summed E-state index contributed by atoms with van der Waals surface area (Å²) in [5.41, 5.74) is 5.38. The highest BCUT2D eigenvalue weighted by Gasteiger charge is 2.27. The number of methoxy groups -OCH3 is 1. The topological polar surface area (TPSA) is 97.3 Å². The van der Waals surface area contributed by atoms with E-state index in [4.69, 9.17) is 9.47 Å². The highest BCUT2D eigenvalue weighted by atomic mass is 32.2. The first kappa shape index (κ1) is 26.5. The van der Waals surface area contributed by atoms with Crippen molar-refractivity contribution in [2.24, 2.45) is 5.10 Å². The Morgan fingerprint density at radius 1 is 1.03 bits per heavy atom. The summed E-state index contributed by atoms with van der Waals surface area (Å²) in [6.45, 7) is 7.33. The first-order valence-corrected chi connectivity index (χ1v) is 12.6. The Morgan fingerprint density at radius 3 is 2.44 bits per heavy atom. The molecule has 188 valence electrons. The molecule has 0 atom stereocenters. The number of hydrazone groups is 1. The number of amides is 1. The van der Waals surface area contributed by atoms with Gasteiger partial charge in [0.15, 0.2) is 11.5 Å². The molecule has 0 bridgehead atoms. The number of nitrogens with zero attached hydrogens (tertiary/aromatic N) is 2. The molecular weight excluding hydrogens is 478 g/mol. The fourth-order valence-electron chi connectivity index (χ4n) is 3.29. The third-order valence-electron chi connectivity index (χ3n) is 5.34. The van der Waals surface area contributed by atoms with Crippen LogP contribution >= 0.6 is 0 Å². The van der Waals surface area contributed by atoms with Crippen molar-refractivity contribution in [3.63, 3.8) is 0 Å². The van der Waals surface area contributed by atoms with Gasteiger partial charge in [0.1, 0.15) is 13.2 Å². The van der Waals surface area contributed by atoms with E-state index in [0.717, 1.165) is 15.4 Å². The number of benzene rings is 3. The van der Waals surface area contributed by atoms with E-state index in [0.29, 0.717) is 29.4 Å². The van der Waals surface area contributed by atoms with Gasteiger partial charge in [-0.15, -0.1) is 0 Å². The molecule has 1 amide bonds. The lowest BCUT2D eigenvalue weighted by Crippen LogP contribution is -2.39. The molecule has 0 aliphatic rings. The van der Waals surface area contributed by atoms with E-state index in [9.17, 15) is 13.2 Å². The molecule has 0 fully saturated rings. The van der Waals surface area contributed by atoms with E-state index >= 15 is 0 Å². The predicted molar refractivity (Wildman–Crippen MR) is 141 cm³/mol. The Kier molecular flexibility index (Phi) is 8.86. The number of carbonyl (C=O) groups excluding carboxylic acids is 1. The fourth-order valence-corrected chi connectivity index (χ4v) is 4.73. The Hall–Kier alpha value is -4.11. The SMILES string of the molecule is C=CCOc1ccc(/C=N\NC(=O)CN(c2ccc(C)c(C)c2)S(=O)(=O)c2ccccc2)cc1OC. The second-order valence-corrected chi connectivity index (χ2v) is 9.76. The molecule has 0 saturated carbocycles. The van der Waals surface area contributed by atoms with Gasteiger partial charge >= 0.3 is 0 Å². The van der Waals surface area contributed by atoms with Crippen molar-refractivity contribution in [1.82, 2.24) is 5.43 Å². The van der Waals surface area contributed by atoms with Crippen molar-refractivity contribution < 1.29 is 22.7 Å². The van der Waals surface area contributed by atoms with Crippen LogP contribution in [0.2, 0.25) is 0 Å². The third kappa shape index (κ3) is 6.51. The van der Waals surface area contributed by atoms with E-state index in [2.05, 4.69) is 17.1 Å². The second kappa shape index (κ2) is 12.0. The average molecular weight is 508 g/mol. The van der Waals surface area contributed by atoms with Gasteiger partial charge in [0.2, 0.25) is 0 Å². The van der Waals surface area contributed by atoms with Crippen molar-refractivity contribution >= 4 is 27.8 Å². The van der Waals surface area contributed by atoms with Gasteiger partial charge in [-0.1, -0.05) is 36.9 Å². The van der Waals surface area contributed by atoms with Gasteiger partial charge in [-0.3, -0.25) is 9.10 Å². The number of hydrogen-bond donors (Lipinski definition) is 1. The summed E-state index contributed by atoms with van der Waals surface area (Å²) in [5, 5.41) is 3.98. The van der Waals surface area contributed by atoms with Crippen molar-refractivity contribution in [2.75, 3.05) is 24.6 Å². The summed E-state index contributed by atoms with van der Waals surface area (Å²) in [5.74, 6) is 0.456. The van der Waals surface area contributed by atoms with Gasteiger partial charge in [-0.25, -0.2) is 13.8 Å². The molecule has 8 nitrogen and oxygen atoms in total. The van der Waals surface area contributed by atoms with E-state index in [1.807, 2.05) is 19.9 Å². The number of rotatable bonds is 11. The monoisotopic (exact) mass is 507 g/mol. The summed E-state index contributed by atoms with van der Waals surface area (Å²) < 4.78 is 38.8. The predicted octanol–water partition coefficient (Wildman–Crippen LogP) is 4.22. The Morgan fingerprint density at radius 2 is 1.78 bits per heavy atom.